The van der Waals surface area contributed by atoms with Gasteiger partial charge in [-0.3, -0.25) is 14.9 Å². The number of nitrogens with one attached hydrogen (secondary N) is 1. The first-order valence-corrected chi connectivity index (χ1v) is 6.17. The third-order valence-corrected chi connectivity index (χ3v) is 2.71. The Labute approximate surface area is 112 Å². The van der Waals surface area contributed by atoms with Crippen molar-refractivity contribution in [1.82, 2.24) is 5.32 Å². The van der Waals surface area contributed by atoms with Crippen LogP contribution in [-0.2, 0) is 11.2 Å². The number of non-ortho nitro benzene ring substituents is 1. The first-order valence-electron chi connectivity index (χ1n) is 6.17. The lowest BCUT2D eigenvalue weighted by Crippen LogP contribution is -2.24. The Kier molecular flexibility index (Phi) is 5.73. The van der Waals surface area contributed by atoms with Crippen LogP contribution in [0.25, 0.3) is 0 Å². The molecule has 5 nitrogen and oxygen atoms in total. The molecule has 0 aliphatic heterocycles. The fraction of sp³-hybridized carbons (Fsp3) is 0.357. The molecule has 0 radical (unpaired) electrons. The Morgan fingerprint density at radius 3 is 2.47 bits per heavy atom. The number of hydrogen-bond donors (Lipinski definition) is 1. The van der Waals surface area contributed by atoms with Crippen molar-refractivity contribution in [2.75, 3.05) is 6.54 Å². The molecule has 0 bridgehead atoms. The molecule has 0 unspecified atom stereocenters. The third kappa shape index (κ3) is 5.33. The molecule has 0 saturated heterocycles. The predicted octanol–water partition coefficient (Wildman–Crippen LogP) is 2.61. The second kappa shape index (κ2) is 7.31. The Bertz CT molecular complexity index is 466. The van der Waals surface area contributed by atoms with Crippen LogP contribution in [0.1, 0.15) is 25.3 Å². The fourth-order valence-electron chi connectivity index (χ4n) is 1.59. The number of carbonyl (C=O) groups excluding carboxylic acids is 1. The van der Waals surface area contributed by atoms with Gasteiger partial charge >= 0.3 is 0 Å². The Morgan fingerprint density at radius 1 is 1.32 bits per heavy atom. The maximum atomic E-state index is 11.2. The minimum absolute atomic E-state index is 0.109. The van der Waals surface area contributed by atoms with Crippen LogP contribution in [0.15, 0.2) is 36.4 Å². The van der Waals surface area contributed by atoms with E-state index in [9.17, 15) is 14.9 Å². The van der Waals surface area contributed by atoms with Gasteiger partial charge in [0.2, 0.25) is 5.91 Å². The number of rotatable bonds is 7. The number of hydrogen-bond acceptors (Lipinski definition) is 3. The van der Waals surface area contributed by atoms with E-state index >= 15 is 0 Å². The van der Waals surface area contributed by atoms with E-state index in [4.69, 9.17) is 0 Å². The van der Waals surface area contributed by atoms with Crippen LogP contribution in [0.2, 0.25) is 0 Å². The van der Waals surface area contributed by atoms with Gasteiger partial charge in [0, 0.05) is 24.3 Å². The fourth-order valence-corrected chi connectivity index (χ4v) is 1.59. The summed E-state index contributed by atoms with van der Waals surface area (Å²) in [7, 11) is 0. The molecule has 1 aromatic carbocycles. The number of nitrogens with zero attached hydrogens (tertiary/aromatic N) is 1. The van der Waals surface area contributed by atoms with E-state index < -0.39 is 4.92 Å². The molecule has 1 amide bonds. The highest BCUT2D eigenvalue weighted by molar-refractivity contribution is 5.91. The van der Waals surface area contributed by atoms with Gasteiger partial charge in [0.05, 0.1) is 4.92 Å². The lowest BCUT2D eigenvalue weighted by molar-refractivity contribution is -0.384. The van der Waals surface area contributed by atoms with E-state index in [1.807, 2.05) is 0 Å². The van der Waals surface area contributed by atoms with Crippen LogP contribution in [0.4, 0.5) is 5.69 Å². The summed E-state index contributed by atoms with van der Waals surface area (Å²) >= 11 is 0. The first kappa shape index (κ1) is 14.9. The molecule has 1 rings (SSSR count). The smallest absolute Gasteiger partial charge is 0.269 e. The topological polar surface area (TPSA) is 72.2 Å². The van der Waals surface area contributed by atoms with Crippen LogP contribution >= 0.6 is 0 Å². The van der Waals surface area contributed by atoms with E-state index in [0.29, 0.717) is 12.1 Å². The van der Waals surface area contributed by atoms with Gasteiger partial charge in [0.25, 0.3) is 5.69 Å². The van der Waals surface area contributed by atoms with Crippen molar-refractivity contribution in [1.29, 1.82) is 0 Å². The van der Waals surface area contributed by atoms with E-state index in [1.54, 1.807) is 19.1 Å². The maximum Gasteiger partial charge on any atom is 0.269 e. The van der Waals surface area contributed by atoms with Crippen LogP contribution in [-0.4, -0.2) is 17.4 Å². The molecular formula is C14H18N2O3. The number of amides is 1. The monoisotopic (exact) mass is 262 g/mol. The van der Waals surface area contributed by atoms with Gasteiger partial charge in [-0.15, -0.1) is 0 Å². The molecule has 0 aromatic heterocycles. The molecule has 1 N–H and O–H groups in total. The molecule has 0 heterocycles. The van der Waals surface area contributed by atoms with Gasteiger partial charge < -0.3 is 5.32 Å². The largest absolute Gasteiger partial charge is 0.352 e. The molecule has 1 aromatic rings. The van der Waals surface area contributed by atoms with E-state index in [2.05, 4.69) is 11.9 Å². The highest BCUT2D eigenvalue weighted by Gasteiger charge is 2.04. The zero-order valence-corrected chi connectivity index (χ0v) is 11.0. The average Bonchev–Trinajstić information content (AvgIpc) is 2.38. The molecule has 102 valence electrons. The van der Waals surface area contributed by atoms with Crippen LogP contribution in [0, 0.1) is 10.1 Å². The van der Waals surface area contributed by atoms with E-state index in [1.165, 1.54) is 12.1 Å². The van der Waals surface area contributed by atoms with Crippen molar-refractivity contribution in [2.24, 2.45) is 0 Å². The number of nitro benzene ring substituents is 1. The summed E-state index contributed by atoms with van der Waals surface area (Å²) in [6.45, 7) is 5.85. The van der Waals surface area contributed by atoms with Gasteiger partial charge in [0.15, 0.2) is 0 Å². The summed E-state index contributed by atoms with van der Waals surface area (Å²) in [5.41, 5.74) is 1.68. The number of carbonyl (C=O) groups is 1. The first-order chi connectivity index (χ1) is 9.00. The van der Waals surface area contributed by atoms with Crippen LogP contribution in [0.5, 0.6) is 0 Å². The molecule has 19 heavy (non-hydrogen) atoms. The lowest BCUT2D eigenvalue weighted by atomic mass is 10.1. The van der Waals surface area contributed by atoms with E-state index in [-0.39, 0.29) is 11.6 Å². The second-order valence-corrected chi connectivity index (χ2v) is 4.42. The number of benzene rings is 1. The van der Waals surface area contributed by atoms with Crippen molar-refractivity contribution in [2.45, 2.75) is 26.2 Å². The average molecular weight is 262 g/mol. The summed E-state index contributed by atoms with van der Waals surface area (Å²) in [6.07, 6.45) is 2.64. The molecule has 0 spiro atoms. The highest BCUT2D eigenvalue weighted by Crippen LogP contribution is 2.13. The second-order valence-electron chi connectivity index (χ2n) is 4.42. The molecule has 0 saturated carbocycles. The van der Waals surface area contributed by atoms with Gasteiger partial charge in [-0.2, -0.15) is 0 Å². The van der Waals surface area contributed by atoms with Gasteiger partial charge in [-0.1, -0.05) is 18.7 Å². The minimum Gasteiger partial charge on any atom is -0.352 e. The van der Waals surface area contributed by atoms with Gasteiger partial charge in [0.1, 0.15) is 0 Å². The molecule has 0 aliphatic carbocycles. The van der Waals surface area contributed by atoms with Crippen molar-refractivity contribution < 1.29 is 9.72 Å². The van der Waals surface area contributed by atoms with Crippen LogP contribution < -0.4 is 5.32 Å². The number of nitro groups is 1. The molecule has 0 atom stereocenters. The van der Waals surface area contributed by atoms with Gasteiger partial charge in [-0.05, 0) is 31.7 Å². The summed E-state index contributed by atoms with van der Waals surface area (Å²) < 4.78 is 0. The molecule has 0 fully saturated rings. The van der Waals surface area contributed by atoms with Crippen LogP contribution in [0.3, 0.4) is 0 Å². The highest BCUT2D eigenvalue weighted by atomic mass is 16.6. The van der Waals surface area contributed by atoms with Crippen molar-refractivity contribution in [3.8, 4) is 0 Å². The zero-order valence-electron chi connectivity index (χ0n) is 11.0. The Morgan fingerprint density at radius 2 is 1.95 bits per heavy atom. The van der Waals surface area contributed by atoms with Crippen molar-refractivity contribution in [3.63, 3.8) is 0 Å². The normalized spacial score (nSPS) is 9.95. The summed E-state index contributed by atoms with van der Waals surface area (Å²) in [5.74, 6) is -0.115. The SMILES string of the molecule is C=C(C)C(=O)NCCCCc1ccc([N+](=O)[O-])cc1. The molecular weight excluding hydrogens is 244 g/mol. The standard InChI is InChI=1S/C14H18N2O3/c1-11(2)14(17)15-10-4-3-5-12-6-8-13(9-7-12)16(18)19/h6-9H,1,3-5,10H2,2H3,(H,15,17). The Balaban J connectivity index is 2.24. The van der Waals surface area contributed by atoms with Crippen molar-refractivity contribution >= 4 is 11.6 Å². The molecule has 0 aliphatic rings. The van der Waals surface area contributed by atoms with Crippen molar-refractivity contribution in [3.05, 3.63) is 52.1 Å². The quantitative estimate of drug-likeness (QED) is 0.355. The predicted molar refractivity (Wildman–Crippen MR) is 73.9 cm³/mol. The minimum atomic E-state index is -0.406. The number of aryl methyl sites for hydroxylation is 1. The summed E-state index contributed by atoms with van der Waals surface area (Å²) in [4.78, 5) is 21.3. The molecule has 5 heteroatoms. The lowest BCUT2D eigenvalue weighted by Gasteiger charge is -2.04. The maximum absolute atomic E-state index is 11.2. The third-order valence-electron chi connectivity index (χ3n) is 2.71. The van der Waals surface area contributed by atoms with E-state index in [0.717, 1.165) is 24.8 Å². The van der Waals surface area contributed by atoms with Gasteiger partial charge in [-0.25, -0.2) is 0 Å². The number of unbranched alkanes of at least 4 members (excludes halogenated alkanes) is 1. The zero-order chi connectivity index (χ0) is 14.3. The Hall–Kier alpha value is -2.17. The summed E-state index contributed by atoms with van der Waals surface area (Å²) in [6, 6.07) is 6.56. The summed E-state index contributed by atoms with van der Waals surface area (Å²) in [5, 5.41) is 13.3.